The van der Waals surface area contributed by atoms with Crippen LogP contribution in [0.5, 0.6) is 0 Å². The van der Waals surface area contributed by atoms with E-state index < -0.39 is 17.1 Å². The summed E-state index contributed by atoms with van der Waals surface area (Å²) in [6.45, 7) is 7.00. The molecule has 1 atom stereocenters. The van der Waals surface area contributed by atoms with Gasteiger partial charge in [-0.25, -0.2) is 4.79 Å². The molecule has 0 spiro atoms. The normalized spacial score (nSPS) is 27.3. The van der Waals surface area contributed by atoms with Gasteiger partial charge in [0.25, 0.3) is 5.54 Å². The number of nitrogens with zero attached hydrogens (tertiary/aromatic N) is 1. The highest BCUT2D eigenvalue weighted by Crippen LogP contribution is 2.25. The second kappa shape index (κ2) is 3.26. The number of carbonyl (C=O) groups is 1. The highest BCUT2D eigenvalue weighted by atomic mass is 16.6. The van der Waals surface area contributed by atoms with Gasteiger partial charge in [0.05, 0.1) is 0 Å². The predicted molar refractivity (Wildman–Crippen MR) is 53.2 cm³/mol. The Kier molecular flexibility index (Phi) is 2.56. The molecule has 0 fully saturated rings. The Labute approximate surface area is 84.1 Å². The van der Waals surface area contributed by atoms with Crippen molar-refractivity contribution in [2.75, 3.05) is 0 Å². The van der Waals surface area contributed by atoms with Gasteiger partial charge in [0.15, 0.2) is 6.21 Å². The Hall–Kier alpha value is -1.06. The zero-order valence-electron chi connectivity index (χ0n) is 9.16. The summed E-state index contributed by atoms with van der Waals surface area (Å²) < 4.78 is 5.90. The van der Waals surface area contributed by atoms with Gasteiger partial charge in [-0.1, -0.05) is 0 Å². The van der Waals surface area contributed by atoms with E-state index in [4.69, 9.17) is 4.74 Å². The molecule has 0 bridgehead atoms. The number of rotatable bonds is 1. The molecule has 0 saturated heterocycles. The van der Waals surface area contributed by atoms with Gasteiger partial charge in [-0.3, -0.25) is 0 Å². The van der Waals surface area contributed by atoms with E-state index in [-0.39, 0.29) is 0 Å². The smallest absolute Gasteiger partial charge is 0.380 e. The molecule has 4 nitrogen and oxygen atoms in total. The monoisotopic (exact) mass is 199 g/mol. The lowest BCUT2D eigenvalue weighted by Gasteiger charge is -2.26. The fraction of sp³-hybridized carbons (Fsp3) is 0.800. The average molecular weight is 199 g/mol. The summed E-state index contributed by atoms with van der Waals surface area (Å²) in [5, 5.41) is 11.4. The van der Waals surface area contributed by atoms with Crippen LogP contribution in [0.2, 0.25) is 0 Å². The van der Waals surface area contributed by atoms with Crippen LogP contribution >= 0.6 is 0 Å². The molecule has 0 aliphatic carbocycles. The zero-order valence-corrected chi connectivity index (χ0v) is 9.16. The molecule has 0 amide bonds. The standard InChI is InChI=1S/C10H17NO3/c1-9(2,3)14-8(12)10(4)6-5-7-11(10)13/h7H,5-6H2,1-4H3/t10-/m0/s1. The Morgan fingerprint density at radius 3 is 2.50 bits per heavy atom. The van der Waals surface area contributed by atoms with E-state index in [0.29, 0.717) is 17.6 Å². The molecule has 0 N–H and O–H groups in total. The van der Waals surface area contributed by atoms with Gasteiger partial charge in [-0.05, 0) is 20.8 Å². The van der Waals surface area contributed by atoms with E-state index in [9.17, 15) is 10.0 Å². The van der Waals surface area contributed by atoms with Crippen LogP contribution in [0.3, 0.4) is 0 Å². The lowest BCUT2D eigenvalue weighted by molar-refractivity contribution is -0.518. The molecule has 80 valence electrons. The minimum absolute atomic E-state index is 0.436. The van der Waals surface area contributed by atoms with Crippen LogP contribution in [0.1, 0.15) is 40.5 Å². The summed E-state index contributed by atoms with van der Waals surface area (Å²) in [6, 6.07) is 0. The third kappa shape index (κ3) is 2.05. The number of hydroxylamine groups is 1. The molecule has 4 heteroatoms. The maximum Gasteiger partial charge on any atom is 0.380 e. The molecule has 0 aromatic heterocycles. The second-order valence-electron chi connectivity index (χ2n) is 4.82. The quantitative estimate of drug-likeness (QED) is 0.365. The van der Waals surface area contributed by atoms with Crippen molar-refractivity contribution in [2.24, 2.45) is 0 Å². The van der Waals surface area contributed by atoms with Crippen molar-refractivity contribution in [1.82, 2.24) is 0 Å². The molecule has 0 unspecified atom stereocenters. The van der Waals surface area contributed by atoms with Crippen molar-refractivity contribution in [3.8, 4) is 0 Å². The zero-order chi connectivity index (χ0) is 11.0. The van der Waals surface area contributed by atoms with Crippen molar-refractivity contribution >= 4 is 12.2 Å². The SMILES string of the molecule is CC(C)(C)OC(=O)[C@]1(C)CCC=[N+]1[O-]. The second-order valence-corrected chi connectivity index (χ2v) is 4.82. The Morgan fingerprint density at radius 1 is 1.57 bits per heavy atom. The molecular formula is C10H17NO3. The Bertz CT molecular complexity index is 278. The number of carbonyl (C=O) groups excluding carboxylic acids is 1. The van der Waals surface area contributed by atoms with Gasteiger partial charge in [0.2, 0.25) is 0 Å². The van der Waals surface area contributed by atoms with Crippen LogP contribution in [0, 0.1) is 5.21 Å². The van der Waals surface area contributed by atoms with Gasteiger partial charge >= 0.3 is 5.97 Å². The summed E-state index contributed by atoms with van der Waals surface area (Å²) >= 11 is 0. The summed E-state index contributed by atoms with van der Waals surface area (Å²) in [6.07, 6.45) is 2.66. The Morgan fingerprint density at radius 2 is 2.14 bits per heavy atom. The maximum atomic E-state index is 11.7. The van der Waals surface area contributed by atoms with Gasteiger partial charge in [-0.2, -0.15) is 4.74 Å². The molecule has 0 radical (unpaired) electrons. The van der Waals surface area contributed by atoms with Gasteiger partial charge < -0.3 is 9.94 Å². The van der Waals surface area contributed by atoms with Crippen molar-refractivity contribution in [3.63, 3.8) is 0 Å². The molecule has 14 heavy (non-hydrogen) atoms. The minimum Gasteiger partial charge on any atom is -0.623 e. The van der Waals surface area contributed by atoms with Crippen molar-refractivity contribution < 1.29 is 14.3 Å². The highest BCUT2D eigenvalue weighted by molar-refractivity contribution is 5.81. The molecule has 0 aromatic carbocycles. The highest BCUT2D eigenvalue weighted by Gasteiger charge is 2.47. The third-order valence-electron chi connectivity index (χ3n) is 2.25. The summed E-state index contributed by atoms with van der Waals surface area (Å²) in [5.41, 5.74) is -1.56. The van der Waals surface area contributed by atoms with Gasteiger partial charge in [0.1, 0.15) is 5.60 Å². The summed E-state index contributed by atoms with van der Waals surface area (Å²) in [5.74, 6) is -0.436. The first-order chi connectivity index (χ1) is 6.26. The van der Waals surface area contributed by atoms with Crippen LogP contribution in [-0.2, 0) is 9.53 Å². The van der Waals surface area contributed by atoms with E-state index in [1.165, 1.54) is 6.21 Å². The van der Waals surface area contributed by atoms with Crippen LogP contribution in [0.15, 0.2) is 0 Å². The van der Waals surface area contributed by atoms with E-state index in [0.717, 1.165) is 0 Å². The minimum atomic E-state index is -1.02. The molecule has 0 saturated carbocycles. The molecule has 1 heterocycles. The van der Waals surface area contributed by atoms with Crippen molar-refractivity contribution in [3.05, 3.63) is 5.21 Å². The first-order valence-electron chi connectivity index (χ1n) is 4.79. The van der Waals surface area contributed by atoms with Gasteiger partial charge in [0, 0.05) is 19.8 Å². The number of hydrogen-bond acceptors (Lipinski definition) is 3. The first kappa shape index (κ1) is 11.0. The predicted octanol–water partition coefficient (Wildman–Crippen LogP) is 1.46. The lowest BCUT2D eigenvalue weighted by atomic mass is 9.99. The van der Waals surface area contributed by atoms with Crippen LogP contribution in [0.25, 0.3) is 0 Å². The van der Waals surface area contributed by atoms with Crippen LogP contribution < -0.4 is 0 Å². The topological polar surface area (TPSA) is 52.4 Å². The number of esters is 1. The van der Waals surface area contributed by atoms with Crippen molar-refractivity contribution in [2.45, 2.75) is 51.7 Å². The lowest BCUT2D eigenvalue weighted by Crippen LogP contribution is -2.45. The molecular weight excluding hydrogens is 182 g/mol. The molecule has 1 rings (SSSR count). The molecule has 1 aliphatic rings. The summed E-state index contributed by atoms with van der Waals surface area (Å²) in [7, 11) is 0. The third-order valence-corrected chi connectivity index (χ3v) is 2.25. The van der Waals surface area contributed by atoms with Crippen LogP contribution in [-0.4, -0.2) is 28.1 Å². The van der Waals surface area contributed by atoms with E-state index in [1.807, 2.05) is 0 Å². The fourth-order valence-corrected chi connectivity index (χ4v) is 1.35. The van der Waals surface area contributed by atoms with E-state index in [2.05, 4.69) is 0 Å². The number of hydrogen-bond donors (Lipinski definition) is 0. The maximum absolute atomic E-state index is 11.7. The fourth-order valence-electron chi connectivity index (χ4n) is 1.35. The summed E-state index contributed by atoms with van der Waals surface area (Å²) in [4.78, 5) is 11.7. The van der Waals surface area contributed by atoms with E-state index in [1.54, 1.807) is 27.7 Å². The molecule has 0 aromatic rings. The van der Waals surface area contributed by atoms with E-state index >= 15 is 0 Å². The van der Waals surface area contributed by atoms with Crippen LogP contribution in [0.4, 0.5) is 0 Å². The first-order valence-corrected chi connectivity index (χ1v) is 4.79. The van der Waals surface area contributed by atoms with Gasteiger partial charge in [-0.15, -0.1) is 0 Å². The number of ether oxygens (including phenoxy) is 1. The Balaban J connectivity index is 2.75. The average Bonchev–Trinajstić information content (AvgIpc) is 2.30. The van der Waals surface area contributed by atoms with Crippen molar-refractivity contribution in [1.29, 1.82) is 0 Å². The molecule has 1 aliphatic heterocycles. The largest absolute Gasteiger partial charge is 0.623 e.